The van der Waals surface area contributed by atoms with Crippen molar-refractivity contribution < 1.29 is 24.0 Å². The quantitative estimate of drug-likeness (QED) is 0.270. The maximum Gasteiger partial charge on any atom is 0.417 e. The predicted octanol–water partition coefficient (Wildman–Crippen LogP) is 2.55. The molecule has 7 nitrogen and oxygen atoms in total. The lowest BCUT2D eigenvalue weighted by Crippen LogP contribution is -2.24. The number of nitrogens with zero attached hydrogens (tertiary/aromatic N) is 1. The summed E-state index contributed by atoms with van der Waals surface area (Å²) < 4.78 is 7.23. The number of carbonyl (C=O) groups excluding carboxylic acids is 2. The molecule has 0 aliphatic carbocycles. The predicted molar refractivity (Wildman–Crippen MR) is 74.1 cm³/mol. The molecule has 0 aliphatic rings. The number of hydrogen-bond donors (Lipinski definition) is 0. The van der Waals surface area contributed by atoms with Crippen molar-refractivity contribution in [3.8, 4) is 0 Å². The molecule has 0 spiro atoms. The van der Waals surface area contributed by atoms with Crippen LogP contribution in [0.5, 0.6) is 0 Å². The molecule has 10 heteroatoms. The van der Waals surface area contributed by atoms with Crippen molar-refractivity contribution in [2.24, 2.45) is 0 Å². The van der Waals surface area contributed by atoms with Crippen LogP contribution in [0.25, 0.3) is 0 Å². The Morgan fingerprint density at radius 3 is 2.10 bits per heavy atom. The Morgan fingerprint density at radius 2 is 1.62 bits per heavy atom. The van der Waals surface area contributed by atoms with Crippen LogP contribution in [0.2, 0.25) is 0 Å². The van der Waals surface area contributed by atoms with Crippen LogP contribution < -0.4 is 0 Å². The van der Waals surface area contributed by atoms with E-state index in [-0.39, 0.29) is 12.3 Å². The molecule has 0 amide bonds. The van der Waals surface area contributed by atoms with Crippen molar-refractivity contribution in [2.45, 2.75) is 10.4 Å². The Morgan fingerprint density at radius 1 is 1.10 bits per heavy atom. The Labute approximate surface area is 133 Å². The second-order valence-corrected chi connectivity index (χ2v) is 6.21. The third-order valence-corrected chi connectivity index (χ3v) is 2.38. The van der Waals surface area contributed by atoms with Gasteiger partial charge < -0.3 is 9.47 Å². The van der Waals surface area contributed by atoms with E-state index < -0.39 is 27.3 Å². The Kier molecular flexibility index (Phi) is 6.19. The second-order valence-electron chi connectivity index (χ2n) is 3.69. The van der Waals surface area contributed by atoms with Gasteiger partial charge >= 0.3 is 11.9 Å². The molecule has 0 saturated carbocycles. The van der Waals surface area contributed by atoms with E-state index in [0.29, 0.717) is 5.56 Å². The average molecular weight is 357 g/mol. The lowest BCUT2D eigenvalue weighted by molar-refractivity contribution is -0.384. The van der Waals surface area contributed by atoms with Crippen molar-refractivity contribution in [1.29, 1.82) is 0 Å². The van der Waals surface area contributed by atoms with Crippen molar-refractivity contribution in [1.82, 2.24) is 0 Å². The van der Waals surface area contributed by atoms with Crippen molar-refractivity contribution in [3.63, 3.8) is 0 Å². The third kappa shape index (κ3) is 6.61. The highest BCUT2D eigenvalue weighted by molar-refractivity contribution is 6.67. The molecule has 21 heavy (non-hydrogen) atoms. The minimum Gasteiger partial charge on any atom is -0.453 e. The summed E-state index contributed by atoms with van der Waals surface area (Å²) in [6.45, 7) is -0.844. The molecule has 0 aliphatic heterocycles. The number of esters is 2. The summed E-state index contributed by atoms with van der Waals surface area (Å²) in [5, 5.41) is 10.4. The van der Waals surface area contributed by atoms with Gasteiger partial charge in [-0.15, -0.1) is 0 Å². The zero-order valence-corrected chi connectivity index (χ0v) is 12.5. The minimum absolute atomic E-state index is 0.104. The van der Waals surface area contributed by atoms with Gasteiger partial charge in [-0.1, -0.05) is 34.8 Å². The van der Waals surface area contributed by atoms with Gasteiger partial charge in [0.05, 0.1) is 4.92 Å². The SMILES string of the molecule is O=C(OCc1ccc([N+](=O)[O-])cc1)C(=O)OCC(Cl)(Cl)Cl. The highest BCUT2D eigenvalue weighted by Gasteiger charge is 2.25. The summed E-state index contributed by atoms with van der Waals surface area (Å²) in [6, 6.07) is 5.25. The number of non-ortho nitro benzene ring substituents is 1. The van der Waals surface area contributed by atoms with E-state index in [2.05, 4.69) is 9.47 Å². The summed E-state index contributed by atoms with van der Waals surface area (Å²) in [5.41, 5.74) is 0.357. The molecule has 1 aromatic carbocycles. The lowest BCUT2D eigenvalue weighted by atomic mass is 10.2. The fourth-order valence-corrected chi connectivity index (χ4v) is 1.29. The molecule has 0 atom stereocenters. The number of nitro benzene ring substituents is 1. The van der Waals surface area contributed by atoms with Crippen LogP contribution in [-0.4, -0.2) is 27.3 Å². The molecule has 0 aromatic heterocycles. The number of halogens is 3. The summed E-state index contributed by atoms with van der Waals surface area (Å²) >= 11 is 16.0. The van der Waals surface area contributed by atoms with E-state index in [1.807, 2.05) is 0 Å². The van der Waals surface area contributed by atoms with E-state index in [0.717, 1.165) is 0 Å². The van der Waals surface area contributed by atoms with Gasteiger partial charge in [0.1, 0.15) is 13.2 Å². The molecule has 114 valence electrons. The van der Waals surface area contributed by atoms with Crippen LogP contribution in [0.15, 0.2) is 24.3 Å². The highest BCUT2D eigenvalue weighted by Crippen LogP contribution is 2.25. The molecular formula is C11H8Cl3NO6. The number of nitro groups is 1. The van der Waals surface area contributed by atoms with E-state index in [4.69, 9.17) is 34.8 Å². The Balaban J connectivity index is 2.45. The van der Waals surface area contributed by atoms with E-state index in [1.165, 1.54) is 24.3 Å². The monoisotopic (exact) mass is 355 g/mol. The second kappa shape index (κ2) is 7.44. The topological polar surface area (TPSA) is 95.7 Å². The summed E-state index contributed by atoms with van der Waals surface area (Å²) in [5.74, 6) is -2.56. The summed E-state index contributed by atoms with van der Waals surface area (Å²) in [6.07, 6.45) is 0. The number of ether oxygens (including phenoxy) is 2. The first-order chi connectivity index (χ1) is 9.69. The fourth-order valence-electron chi connectivity index (χ4n) is 1.13. The standard InChI is InChI=1S/C11H8Cl3NO6/c12-11(13,14)6-21-10(17)9(16)20-5-7-1-3-8(4-2-7)15(18)19/h1-4H,5-6H2. The average Bonchev–Trinajstić information content (AvgIpc) is 2.41. The first-order valence-electron chi connectivity index (χ1n) is 5.33. The van der Waals surface area contributed by atoms with Gasteiger partial charge in [-0.2, -0.15) is 0 Å². The van der Waals surface area contributed by atoms with Crippen molar-refractivity contribution in [3.05, 3.63) is 39.9 Å². The van der Waals surface area contributed by atoms with E-state index >= 15 is 0 Å². The molecule has 0 unspecified atom stereocenters. The maximum absolute atomic E-state index is 11.3. The van der Waals surface area contributed by atoms with Crippen LogP contribution in [-0.2, 0) is 25.7 Å². The number of carbonyl (C=O) groups is 2. The third-order valence-electron chi connectivity index (χ3n) is 2.05. The van der Waals surface area contributed by atoms with E-state index in [1.54, 1.807) is 0 Å². The number of alkyl halides is 3. The molecule has 0 bridgehead atoms. The first kappa shape index (κ1) is 17.5. The van der Waals surface area contributed by atoms with Gasteiger partial charge in [0.15, 0.2) is 0 Å². The van der Waals surface area contributed by atoms with Crippen LogP contribution in [0, 0.1) is 10.1 Å². The molecular weight excluding hydrogens is 348 g/mol. The molecule has 1 rings (SSSR count). The van der Waals surface area contributed by atoms with Gasteiger partial charge in [0, 0.05) is 12.1 Å². The van der Waals surface area contributed by atoms with Gasteiger partial charge in [0.25, 0.3) is 5.69 Å². The van der Waals surface area contributed by atoms with Gasteiger partial charge in [0.2, 0.25) is 3.79 Å². The normalized spacial score (nSPS) is 10.8. The molecule has 0 heterocycles. The number of rotatable bonds is 4. The smallest absolute Gasteiger partial charge is 0.417 e. The first-order valence-corrected chi connectivity index (χ1v) is 6.46. The Hall–Kier alpha value is -1.57. The maximum atomic E-state index is 11.3. The van der Waals surface area contributed by atoms with Crippen molar-refractivity contribution in [2.75, 3.05) is 6.61 Å². The van der Waals surface area contributed by atoms with Crippen LogP contribution in [0.3, 0.4) is 0 Å². The molecule has 1 aromatic rings. The number of hydrogen-bond acceptors (Lipinski definition) is 6. The van der Waals surface area contributed by atoms with Crippen LogP contribution in [0.4, 0.5) is 5.69 Å². The zero-order valence-electron chi connectivity index (χ0n) is 10.3. The van der Waals surface area contributed by atoms with Crippen molar-refractivity contribution >= 4 is 52.4 Å². The highest BCUT2D eigenvalue weighted by atomic mass is 35.6. The Bertz CT molecular complexity index is 540. The lowest BCUT2D eigenvalue weighted by Gasteiger charge is -2.10. The number of benzene rings is 1. The minimum atomic E-state index is -1.83. The van der Waals surface area contributed by atoms with Crippen LogP contribution >= 0.6 is 34.8 Å². The van der Waals surface area contributed by atoms with Crippen LogP contribution in [0.1, 0.15) is 5.56 Å². The molecule has 0 radical (unpaired) electrons. The molecule has 0 saturated heterocycles. The summed E-state index contributed by atoms with van der Waals surface area (Å²) in [7, 11) is 0. The van der Waals surface area contributed by atoms with E-state index in [9.17, 15) is 19.7 Å². The molecule has 0 N–H and O–H groups in total. The fraction of sp³-hybridized carbons (Fsp3) is 0.273. The van der Waals surface area contributed by atoms with Gasteiger partial charge in [-0.05, 0) is 17.7 Å². The molecule has 0 fully saturated rings. The van der Waals surface area contributed by atoms with Gasteiger partial charge in [-0.25, -0.2) is 9.59 Å². The zero-order chi connectivity index (χ0) is 16.0. The van der Waals surface area contributed by atoms with Gasteiger partial charge in [-0.3, -0.25) is 10.1 Å². The largest absolute Gasteiger partial charge is 0.453 e. The summed E-state index contributed by atoms with van der Waals surface area (Å²) in [4.78, 5) is 32.3.